The largest absolute Gasteiger partial charge is 0.341 e. The number of imidazole rings is 1. The average Bonchev–Trinajstić information content (AvgIpc) is 2.96. The normalized spacial score (nSPS) is 19.3. The highest BCUT2D eigenvalue weighted by atomic mass is 16.2. The summed E-state index contributed by atoms with van der Waals surface area (Å²) in [6.45, 7) is 4.78. The van der Waals surface area contributed by atoms with E-state index >= 15 is 0 Å². The quantitative estimate of drug-likeness (QED) is 0.804. The van der Waals surface area contributed by atoms with Crippen LogP contribution in [0.5, 0.6) is 0 Å². The van der Waals surface area contributed by atoms with Crippen molar-refractivity contribution in [3.05, 3.63) is 18.2 Å². The van der Waals surface area contributed by atoms with Gasteiger partial charge in [0.05, 0.1) is 6.04 Å². The number of amides is 1. The summed E-state index contributed by atoms with van der Waals surface area (Å²) < 4.78 is 2.26. The second-order valence-corrected chi connectivity index (χ2v) is 5.45. The molecule has 0 radical (unpaired) electrons. The SMILES string of the molecule is CCc1nccn1C1CCCN(C(=O)CCCNC)C1. The van der Waals surface area contributed by atoms with Crippen molar-refractivity contribution in [1.82, 2.24) is 19.8 Å². The van der Waals surface area contributed by atoms with Gasteiger partial charge in [0.25, 0.3) is 0 Å². The zero-order valence-electron chi connectivity index (χ0n) is 12.6. The van der Waals surface area contributed by atoms with Gasteiger partial charge in [0, 0.05) is 38.3 Å². The van der Waals surface area contributed by atoms with E-state index in [1.54, 1.807) is 0 Å². The summed E-state index contributed by atoms with van der Waals surface area (Å²) >= 11 is 0. The van der Waals surface area contributed by atoms with Gasteiger partial charge in [-0.1, -0.05) is 6.92 Å². The molecular weight excluding hydrogens is 252 g/mol. The predicted octanol–water partition coefficient (Wildman–Crippen LogP) is 1.61. The van der Waals surface area contributed by atoms with Crippen LogP contribution in [-0.2, 0) is 11.2 Å². The lowest BCUT2D eigenvalue weighted by Gasteiger charge is -2.34. The summed E-state index contributed by atoms with van der Waals surface area (Å²) in [4.78, 5) is 18.6. The maximum Gasteiger partial charge on any atom is 0.222 e. The summed E-state index contributed by atoms with van der Waals surface area (Å²) in [6, 6.07) is 0.398. The Morgan fingerprint density at radius 3 is 3.15 bits per heavy atom. The fraction of sp³-hybridized carbons (Fsp3) is 0.733. The molecule has 5 heteroatoms. The standard InChI is InChI=1S/C15H26N4O/c1-3-14-17-9-11-19(14)13-6-5-10-18(12-13)15(20)7-4-8-16-2/h9,11,13,16H,3-8,10,12H2,1-2H3. The first kappa shape index (κ1) is 15.0. The molecule has 1 aromatic heterocycles. The van der Waals surface area contributed by atoms with E-state index in [1.165, 1.54) is 0 Å². The van der Waals surface area contributed by atoms with Gasteiger partial charge in [0.15, 0.2) is 0 Å². The number of hydrogen-bond acceptors (Lipinski definition) is 3. The van der Waals surface area contributed by atoms with Gasteiger partial charge < -0.3 is 14.8 Å². The van der Waals surface area contributed by atoms with Crippen LogP contribution in [0.3, 0.4) is 0 Å². The molecule has 1 aliphatic heterocycles. The summed E-state index contributed by atoms with van der Waals surface area (Å²) in [7, 11) is 1.92. The fourth-order valence-electron chi connectivity index (χ4n) is 2.93. The summed E-state index contributed by atoms with van der Waals surface area (Å²) in [5, 5.41) is 3.09. The van der Waals surface area contributed by atoms with E-state index in [4.69, 9.17) is 0 Å². The molecule has 1 atom stereocenters. The minimum atomic E-state index is 0.295. The molecule has 5 nitrogen and oxygen atoms in total. The number of likely N-dealkylation sites (tertiary alicyclic amines) is 1. The maximum absolute atomic E-state index is 12.2. The van der Waals surface area contributed by atoms with Crippen molar-refractivity contribution in [2.24, 2.45) is 0 Å². The second kappa shape index (κ2) is 7.43. The van der Waals surface area contributed by atoms with E-state index in [0.717, 1.165) is 51.1 Å². The molecule has 0 bridgehead atoms. The average molecular weight is 278 g/mol. The zero-order chi connectivity index (χ0) is 14.4. The van der Waals surface area contributed by atoms with E-state index in [9.17, 15) is 4.79 Å². The van der Waals surface area contributed by atoms with E-state index in [0.29, 0.717) is 18.4 Å². The molecule has 1 N–H and O–H groups in total. The van der Waals surface area contributed by atoms with Crippen molar-refractivity contribution in [1.29, 1.82) is 0 Å². The maximum atomic E-state index is 12.2. The van der Waals surface area contributed by atoms with Crippen molar-refractivity contribution >= 4 is 5.91 Å². The third-order valence-corrected chi connectivity index (χ3v) is 4.03. The first-order chi connectivity index (χ1) is 9.76. The van der Waals surface area contributed by atoms with Crippen LogP contribution in [0.4, 0.5) is 0 Å². The number of carbonyl (C=O) groups excluding carboxylic acids is 1. The molecule has 20 heavy (non-hydrogen) atoms. The molecule has 1 aliphatic rings. The van der Waals surface area contributed by atoms with Crippen LogP contribution >= 0.6 is 0 Å². The van der Waals surface area contributed by atoms with Crippen LogP contribution in [-0.4, -0.2) is 47.0 Å². The number of nitrogens with zero attached hydrogens (tertiary/aromatic N) is 3. The van der Waals surface area contributed by atoms with Gasteiger partial charge in [-0.05, 0) is 32.9 Å². The monoisotopic (exact) mass is 278 g/mol. The number of hydrogen-bond donors (Lipinski definition) is 1. The molecule has 1 aromatic rings. The van der Waals surface area contributed by atoms with Crippen molar-refractivity contribution in [2.45, 2.75) is 45.1 Å². The van der Waals surface area contributed by atoms with Crippen molar-refractivity contribution < 1.29 is 4.79 Å². The van der Waals surface area contributed by atoms with Gasteiger partial charge in [-0.15, -0.1) is 0 Å². The van der Waals surface area contributed by atoms with Crippen LogP contribution in [0.15, 0.2) is 12.4 Å². The molecule has 0 saturated carbocycles. The Bertz CT molecular complexity index is 429. The van der Waals surface area contributed by atoms with Crippen LogP contribution in [0.1, 0.15) is 44.5 Å². The minimum absolute atomic E-state index is 0.295. The highest BCUT2D eigenvalue weighted by molar-refractivity contribution is 5.76. The minimum Gasteiger partial charge on any atom is -0.341 e. The fourth-order valence-corrected chi connectivity index (χ4v) is 2.93. The van der Waals surface area contributed by atoms with Gasteiger partial charge >= 0.3 is 0 Å². The van der Waals surface area contributed by atoms with Crippen LogP contribution in [0.25, 0.3) is 0 Å². The Morgan fingerprint density at radius 1 is 1.55 bits per heavy atom. The predicted molar refractivity (Wildman–Crippen MR) is 79.6 cm³/mol. The van der Waals surface area contributed by atoms with Crippen molar-refractivity contribution in [2.75, 3.05) is 26.7 Å². The molecule has 1 unspecified atom stereocenters. The van der Waals surface area contributed by atoms with E-state index in [-0.39, 0.29) is 0 Å². The highest BCUT2D eigenvalue weighted by Gasteiger charge is 2.25. The number of aryl methyl sites for hydroxylation is 1. The molecule has 0 spiro atoms. The number of nitrogens with one attached hydrogen (secondary N) is 1. The Hall–Kier alpha value is -1.36. The number of rotatable bonds is 6. The van der Waals surface area contributed by atoms with E-state index < -0.39 is 0 Å². The molecule has 1 fully saturated rings. The van der Waals surface area contributed by atoms with Crippen LogP contribution in [0.2, 0.25) is 0 Å². The summed E-state index contributed by atoms with van der Waals surface area (Å²) in [5.41, 5.74) is 0. The van der Waals surface area contributed by atoms with Crippen molar-refractivity contribution in [3.63, 3.8) is 0 Å². The Morgan fingerprint density at radius 2 is 2.40 bits per heavy atom. The van der Waals surface area contributed by atoms with Gasteiger partial charge in [-0.2, -0.15) is 0 Å². The molecule has 2 rings (SSSR count). The lowest BCUT2D eigenvalue weighted by molar-refractivity contribution is -0.132. The molecule has 112 valence electrons. The van der Waals surface area contributed by atoms with Gasteiger partial charge in [-0.25, -0.2) is 4.98 Å². The first-order valence-corrected chi connectivity index (χ1v) is 7.70. The molecule has 1 saturated heterocycles. The number of aromatic nitrogens is 2. The summed E-state index contributed by atoms with van der Waals surface area (Å²) in [5.74, 6) is 1.42. The van der Waals surface area contributed by atoms with Crippen LogP contribution in [0, 0.1) is 0 Å². The lowest BCUT2D eigenvalue weighted by Crippen LogP contribution is -2.41. The van der Waals surface area contributed by atoms with Crippen LogP contribution < -0.4 is 5.32 Å². The smallest absolute Gasteiger partial charge is 0.222 e. The van der Waals surface area contributed by atoms with Gasteiger partial charge in [0.1, 0.15) is 5.82 Å². The Kier molecular flexibility index (Phi) is 5.59. The van der Waals surface area contributed by atoms with E-state index in [1.807, 2.05) is 18.1 Å². The van der Waals surface area contributed by atoms with Crippen molar-refractivity contribution in [3.8, 4) is 0 Å². The second-order valence-electron chi connectivity index (χ2n) is 5.45. The topological polar surface area (TPSA) is 50.2 Å². The third-order valence-electron chi connectivity index (χ3n) is 4.03. The molecule has 0 aliphatic carbocycles. The summed E-state index contributed by atoms with van der Waals surface area (Å²) in [6.07, 6.45) is 8.66. The molecule has 1 amide bonds. The van der Waals surface area contributed by atoms with E-state index in [2.05, 4.69) is 28.0 Å². The Labute approximate surface area is 121 Å². The zero-order valence-corrected chi connectivity index (χ0v) is 12.6. The Balaban J connectivity index is 1.93. The first-order valence-electron chi connectivity index (χ1n) is 7.70. The highest BCUT2D eigenvalue weighted by Crippen LogP contribution is 2.23. The van der Waals surface area contributed by atoms with Gasteiger partial charge in [0.2, 0.25) is 5.91 Å². The molecular formula is C15H26N4O. The number of piperidine rings is 1. The third kappa shape index (κ3) is 3.60. The lowest BCUT2D eigenvalue weighted by atomic mass is 10.0. The molecule has 2 heterocycles. The van der Waals surface area contributed by atoms with Gasteiger partial charge in [-0.3, -0.25) is 4.79 Å². The molecule has 0 aromatic carbocycles. The number of carbonyl (C=O) groups is 1.